The van der Waals surface area contributed by atoms with Crippen LogP contribution in [0.15, 0.2) is 18.2 Å². The minimum Gasteiger partial charge on any atom is -0.481 e. The van der Waals surface area contributed by atoms with Crippen molar-refractivity contribution >= 4 is 5.97 Å². The van der Waals surface area contributed by atoms with Crippen LogP contribution in [0.5, 0.6) is 0 Å². The monoisotopic (exact) mass is 269 g/mol. The van der Waals surface area contributed by atoms with Gasteiger partial charge >= 0.3 is 5.97 Å². The number of carbonyl (C=O) groups is 1. The number of rotatable bonds is 4. The van der Waals surface area contributed by atoms with Crippen molar-refractivity contribution in [2.75, 3.05) is 13.1 Å². The van der Waals surface area contributed by atoms with Crippen molar-refractivity contribution in [3.8, 4) is 0 Å². The Bertz CT molecular complexity index is 466. The summed E-state index contributed by atoms with van der Waals surface area (Å²) in [7, 11) is 0. The van der Waals surface area contributed by atoms with Crippen LogP contribution in [0.2, 0.25) is 0 Å². The molecular formula is C14H17F2NO2. The van der Waals surface area contributed by atoms with Crippen LogP contribution in [-0.2, 0) is 4.79 Å². The number of halogens is 2. The van der Waals surface area contributed by atoms with E-state index in [1.54, 1.807) is 13.8 Å². The summed E-state index contributed by atoms with van der Waals surface area (Å²) in [5.41, 5.74) is 0.0592. The minimum atomic E-state index is -0.825. The number of likely N-dealkylation sites (tertiary alicyclic amines) is 1. The summed E-state index contributed by atoms with van der Waals surface area (Å²) in [4.78, 5) is 12.7. The fraction of sp³-hybridized carbons (Fsp3) is 0.500. The maximum Gasteiger partial charge on any atom is 0.306 e. The molecule has 1 heterocycles. The number of hydrogen-bond acceptors (Lipinski definition) is 2. The van der Waals surface area contributed by atoms with Gasteiger partial charge in [-0.1, -0.05) is 13.0 Å². The molecule has 1 aliphatic heterocycles. The summed E-state index contributed by atoms with van der Waals surface area (Å²) in [6, 6.07) is 3.45. The molecule has 0 aliphatic carbocycles. The van der Waals surface area contributed by atoms with Gasteiger partial charge in [-0.3, -0.25) is 9.69 Å². The molecule has 0 amide bonds. The maximum atomic E-state index is 13.6. The van der Waals surface area contributed by atoms with Crippen LogP contribution in [0.3, 0.4) is 0 Å². The molecule has 0 aromatic heterocycles. The molecule has 1 N–H and O–H groups in total. The quantitative estimate of drug-likeness (QED) is 0.913. The van der Waals surface area contributed by atoms with Gasteiger partial charge in [-0.15, -0.1) is 0 Å². The smallest absolute Gasteiger partial charge is 0.306 e. The Morgan fingerprint density at radius 2 is 1.84 bits per heavy atom. The largest absolute Gasteiger partial charge is 0.481 e. The zero-order valence-electron chi connectivity index (χ0n) is 10.9. The molecule has 2 atom stereocenters. The third-order valence-electron chi connectivity index (χ3n) is 4.00. The second-order valence-electron chi connectivity index (χ2n) is 5.15. The van der Waals surface area contributed by atoms with Crippen LogP contribution < -0.4 is 0 Å². The standard InChI is InChI=1S/C14H17F2NO2/c1-8(14(18)19)10-6-17(7-10)9(2)13-11(15)4-3-5-12(13)16/h3-5,8-10H,6-7H2,1-2H3,(H,18,19). The SMILES string of the molecule is CC(C(=O)O)C1CN(C(C)c2c(F)cccc2F)C1. The Morgan fingerprint density at radius 3 is 2.32 bits per heavy atom. The summed E-state index contributed by atoms with van der Waals surface area (Å²) in [6.07, 6.45) is 0. The number of carboxylic acid groups (broad SMARTS) is 1. The van der Waals surface area contributed by atoms with Crippen LogP contribution in [0.1, 0.15) is 25.5 Å². The molecule has 19 heavy (non-hydrogen) atoms. The van der Waals surface area contributed by atoms with Gasteiger partial charge in [0.2, 0.25) is 0 Å². The van der Waals surface area contributed by atoms with Crippen molar-refractivity contribution in [2.24, 2.45) is 11.8 Å². The first-order valence-corrected chi connectivity index (χ1v) is 6.32. The molecule has 1 fully saturated rings. The van der Waals surface area contributed by atoms with Gasteiger partial charge in [0.15, 0.2) is 0 Å². The van der Waals surface area contributed by atoms with Crippen molar-refractivity contribution in [3.63, 3.8) is 0 Å². The predicted octanol–water partition coefficient (Wildman–Crippen LogP) is 2.68. The molecule has 104 valence electrons. The van der Waals surface area contributed by atoms with E-state index in [1.165, 1.54) is 18.2 Å². The zero-order valence-corrected chi connectivity index (χ0v) is 10.9. The lowest BCUT2D eigenvalue weighted by atomic mass is 9.85. The molecule has 0 spiro atoms. The molecule has 5 heteroatoms. The van der Waals surface area contributed by atoms with Gasteiger partial charge in [-0.05, 0) is 25.0 Å². The third-order valence-corrected chi connectivity index (χ3v) is 4.00. The molecule has 1 aliphatic rings. The second kappa shape index (κ2) is 5.25. The Kier molecular flexibility index (Phi) is 3.85. The van der Waals surface area contributed by atoms with Gasteiger partial charge in [0.05, 0.1) is 5.92 Å². The first-order chi connectivity index (χ1) is 8.91. The van der Waals surface area contributed by atoms with Gasteiger partial charge < -0.3 is 5.11 Å². The van der Waals surface area contributed by atoms with E-state index in [9.17, 15) is 13.6 Å². The maximum absolute atomic E-state index is 13.6. The van der Waals surface area contributed by atoms with E-state index in [0.717, 1.165) is 0 Å². The number of benzene rings is 1. The molecular weight excluding hydrogens is 252 g/mol. The third kappa shape index (κ3) is 2.61. The minimum absolute atomic E-state index is 0.0507. The van der Waals surface area contributed by atoms with Crippen molar-refractivity contribution in [3.05, 3.63) is 35.4 Å². The van der Waals surface area contributed by atoms with E-state index in [4.69, 9.17) is 5.11 Å². The highest BCUT2D eigenvalue weighted by Gasteiger charge is 2.38. The molecule has 1 aromatic carbocycles. The Labute approximate surface area is 110 Å². The highest BCUT2D eigenvalue weighted by atomic mass is 19.1. The molecule has 0 radical (unpaired) electrons. The molecule has 0 saturated carbocycles. The van der Waals surface area contributed by atoms with Crippen LogP contribution in [0.4, 0.5) is 8.78 Å². The lowest BCUT2D eigenvalue weighted by Crippen LogP contribution is -2.51. The van der Waals surface area contributed by atoms with Crippen LogP contribution in [-0.4, -0.2) is 29.1 Å². The van der Waals surface area contributed by atoms with Crippen LogP contribution in [0.25, 0.3) is 0 Å². The van der Waals surface area contributed by atoms with Gasteiger partial charge in [-0.25, -0.2) is 8.78 Å². The summed E-state index contributed by atoms with van der Waals surface area (Å²) in [6.45, 7) is 4.52. The second-order valence-corrected chi connectivity index (χ2v) is 5.15. The molecule has 3 nitrogen and oxygen atoms in total. The molecule has 0 bridgehead atoms. The molecule has 2 unspecified atom stereocenters. The number of nitrogens with zero attached hydrogens (tertiary/aromatic N) is 1. The summed E-state index contributed by atoms with van der Waals surface area (Å²) >= 11 is 0. The molecule has 1 aromatic rings. The lowest BCUT2D eigenvalue weighted by molar-refractivity contribution is -0.146. The highest BCUT2D eigenvalue weighted by molar-refractivity contribution is 5.70. The molecule has 1 saturated heterocycles. The first kappa shape index (κ1) is 13.9. The topological polar surface area (TPSA) is 40.5 Å². The summed E-state index contributed by atoms with van der Waals surface area (Å²) in [5, 5.41) is 8.91. The normalized spacial score (nSPS) is 19.8. The van der Waals surface area contributed by atoms with Crippen molar-refractivity contribution in [1.29, 1.82) is 0 Å². The highest BCUT2D eigenvalue weighted by Crippen LogP contribution is 2.34. The van der Waals surface area contributed by atoms with Gasteiger partial charge in [-0.2, -0.15) is 0 Å². The Hall–Kier alpha value is -1.49. The van der Waals surface area contributed by atoms with Gasteiger partial charge in [0, 0.05) is 24.7 Å². The predicted molar refractivity (Wildman–Crippen MR) is 66.6 cm³/mol. The van der Waals surface area contributed by atoms with E-state index in [0.29, 0.717) is 13.1 Å². The first-order valence-electron chi connectivity index (χ1n) is 6.32. The van der Waals surface area contributed by atoms with Crippen molar-refractivity contribution in [2.45, 2.75) is 19.9 Å². The lowest BCUT2D eigenvalue weighted by Gasteiger charge is -2.45. The van der Waals surface area contributed by atoms with Gasteiger partial charge in [0.25, 0.3) is 0 Å². The summed E-state index contributed by atoms with van der Waals surface area (Å²) < 4.78 is 27.3. The summed E-state index contributed by atoms with van der Waals surface area (Å²) in [5.74, 6) is -2.30. The fourth-order valence-corrected chi connectivity index (χ4v) is 2.48. The number of hydrogen-bond donors (Lipinski definition) is 1. The van der Waals surface area contributed by atoms with E-state index in [1.807, 2.05) is 4.90 Å². The van der Waals surface area contributed by atoms with Gasteiger partial charge in [0.1, 0.15) is 11.6 Å². The van der Waals surface area contributed by atoms with Crippen LogP contribution in [0, 0.1) is 23.5 Å². The van der Waals surface area contributed by atoms with Crippen molar-refractivity contribution in [1.82, 2.24) is 4.90 Å². The Morgan fingerprint density at radius 1 is 1.32 bits per heavy atom. The Balaban J connectivity index is 2.04. The van der Waals surface area contributed by atoms with Crippen LogP contribution >= 0.6 is 0 Å². The average Bonchev–Trinajstić information content (AvgIpc) is 2.26. The van der Waals surface area contributed by atoms with E-state index in [2.05, 4.69) is 0 Å². The number of aliphatic carboxylic acids is 1. The fourth-order valence-electron chi connectivity index (χ4n) is 2.48. The zero-order chi connectivity index (χ0) is 14.2. The number of carboxylic acids is 1. The van der Waals surface area contributed by atoms with E-state index < -0.39 is 23.5 Å². The molecule has 2 rings (SSSR count). The van der Waals surface area contributed by atoms with Crippen molar-refractivity contribution < 1.29 is 18.7 Å². The average molecular weight is 269 g/mol. The van der Waals surface area contributed by atoms with E-state index >= 15 is 0 Å². The van der Waals surface area contributed by atoms with E-state index in [-0.39, 0.29) is 17.5 Å².